The van der Waals surface area contributed by atoms with Gasteiger partial charge in [-0.15, -0.1) is 0 Å². The Kier molecular flexibility index (Phi) is 10.2. The van der Waals surface area contributed by atoms with E-state index in [4.69, 9.17) is 14.2 Å². The number of hydrogen-bond acceptors (Lipinski definition) is 8. The maximum absolute atomic E-state index is 13.6. The molecule has 1 saturated heterocycles. The molecule has 240 valence electrons. The van der Waals surface area contributed by atoms with Crippen molar-refractivity contribution in [1.29, 1.82) is 0 Å². The van der Waals surface area contributed by atoms with Crippen molar-refractivity contribution in [2.45, 2.75) is 66.2 Å². The molecule has 1 aliphatic heterocycles. The summed E-state index contributed by atoms with van der Waals surface area (Å²) in [7, 11) is 3.35. The predicted molar refractivity (Wildman–Crippen MR) is 168 cm³/mol. The molecule has 3 aromatic rings. The maximum Gasteiger partial charge on any atom is 0.419 e. The van der Waals surface area contributed by atoms with Crippen molar-refractivity contribution in [2.24, 2.45) is 0 Å². The Morgan fingerprint density at radius 2 is 1.89 bits per heavy atom. The minimum atomic E-state index is -2.47. The third-order valence-corrected chi connectivity index (χ3v) is 7.84. The number of methoxy groups -OCH3 is 1. The van der Waals surface area contributed by atoms with Crippen LogP contribution in [0.25, 0.3) is 10.9 Å². The van der Waals surface area contributed by atoms with E-state index in [0.717, 1.165) is 27.6 Å². The second-order valence-electron chi connectivity index (χ2n) is 12.1. The number of halogens is 2. The summed E-state index contributed by atoms with van der Waals surface area (Å²) in [4.78, 5) is 29.6. The number of piperazine rings is 1. The van der Waals surface area contributed by atoms with Gasteiger partial charge >= 0.3 is 6.09 Å². The number of Topliss-reactive ketones (excluding diaryl/α,β-unsaturated/α-hetero) is 1. The molecule has 1 unspecified atom stereocenters. The molecule has 0 amide bonds. The summed E-state index contributed by atoms with van der Waals surface area (Å²) in [5.74, 6) is 1.09. The molecular formula is C33H44F2N4O5. The van der Waals surface area contributed by atoms with Gasteiger partial charge in [-0.05, 0) is 65.3 Å². The maximum atomic E-state index is 13.6. The molecule has 4 rings (SSSR count). The number of ether oxygens (including phenoxy) is 3. The topological polar surface area (TPSA) is 85.3 Å². The van der Waals surface area contributed by atoms with Gasteiger partial charge in [-0.25, -0.2) is 13.6 Å². The number of benzene rings is 2. The highest BCUT2D eigenvalue weighted by Gasteiger charge is 2.34. The Balaban J connectivity index is 1.84. The molecule has 11 heteroatoms. The predicted octanol–water partition coefficient (Wildman–Crippen LogP) is 6.51. The van der Waals surface area contributed by atoms with E-state index in [1.54, 1.807) is 31.3 Å². The Morgan fingerprint density at radius 1 is 1.16 bits per heavy atom. The number of fused-ring (bicyclic) bond motifs is 1. The lowest BCUT2D eigenvalue weighted by molar-refractivity contribution is 0.0238. The zero-order valence-electron chi connectivity index (χ0n) is 26.9. The summed E-state index contributed by atoms with van der Waals surface area (Å²) in [6.07, 6.45) is -1.23. The first-order valence-corrected chi connectivity index (χ1v) is 14.9. The van der Waals surface area contributed by atoms with Crippen molar-refractivity contribution in [3.05, 3.63) is 52.7 Å². The highest BCUT2D eigenvalue weighted by atomic mass is 19.3. The van der Waals surface area contributed by atoms with Gasteiger partial charge in [0.2, 0.25) is 0 Å². The van der Waals surface area contributed by atoms with E-state index < -0.39 is 18.1 Å². The molecule has 9 nitrogen and oxygen atoms in total. The van der Waals surface area contributed by atoms with Crippen LogP contribution in [0, 0.1) is 6.92 Å². The van der Waals surface area contributed by atoms with Gasteiger partial charge in [0.15, 0.2) is 5.78 Å². The smallest absolute Gasteiger partial charge is 0.419 e. The van der Waals surface area contributed by atoms with Crippen LogP contribution in [0.4, 0.5) is 19.3 Å². The van der Waals surface area contributed by atoms with E-state index >= 15 is 0 Å². The van der Waals surface area contributed by atoms with Crippen molar-refractivity contribution in [1.82, 2.24) is 14.4 Å². The largest absolute Gasteiger partial charge is 0.496 e. The fourth-order valence-corrected chi connectivity index (χ4v) is 6.00. The van der Waals surface area contributed by atoms with Gasteiger partial charge < -0.3 is 19.5 Å². The van der Waals surface area contributed by atoms with Crippen LogP contribution in [0.3, 0.4) is 0 Å². The monoisotopic (exact) mass is 614 g/mol. The number of nitrogens with zero attached hydrogens (tertiary/aromatic N) is 3. The van der Waals surface area contributed by atoms with Crippen molar-refractivity contribution in [3.63, 3.8) is 0 Å². The third kappa shape index (κ3) is 6.99. The number of alkyl halides is 2. The van der Waals surface area contributed by atoms with Crippen molar-refractivity contribution >= 4 is 28.5 Å². The summed E-state index contributed by atoms with van der Waals surface area (Å²) in [5.41, 5.74) is 3.66. The van der Waals surface area contributed by atoms with Gasteiger partial charge in [-0.2, -0.15) is 0 Å². The van der Waals surface area contributed by atoms with Gasteiger partial charge in [-0.3, -0.25) is 19.2 Å². The van der Waals surface area contributed by atoms with Crippen LogP contribution in [-0.2, 0) is 11.3 Å². The van der Waals surface area contributed by atoms with E-state index in [2.05, 4.69) is 10.2 Å². The van der Waals surface area contributed by atoms with Crippen molar-refractivity contribution in [3.8, 4) is 11.5 Å². The SMILES string of the molecule is CCOc1c(C2CN(CC(F)F)CCN2Cc2c(OC)cc(C)c3c2ccn3C(=O)OC(C)(C)C)ccc(C(C)=O)c1NC. The van der Waals surface area contributed by atoms with Crippen LogP contribution in [0.2, 0.25) is 0 Å². The number of carbonyl (C=O) groups excluding carboxylic acids is 2. The zero-order valence-corrected chi connectivity index (χ0v) is 26.9. The third-order valence-electron chi connectivity index (χ3n) is 7.84. The normalized spacial score (nSPS) is 16.4. The molecule has 1 aromatic heterocycles. The lowest BCUT2D eigenvalue weighted by atomic mass is 9.95. The molecule has 1 fully saturated rings. The average molecular weight is 615 g/mol. The molecule has 2 aromatic carbocycles. The molecule has 1 atom stereocenters. The summed E-state index contributed by atoms with van der Waals surface area (Å²) in [5, 5.41) is 3.97. The van der Waals surface area contributed by atoms with Gasteiger partial charge in [-0.1, -0.05) is 6.07 Å². The standard InChI is InChI=1S/C33H44F2N4O5/c1-9-43-31-24(11-10-22(21(3)40)29(31)36-7)26-18-37(19-28(34)35)14-15-38(26)17-25-23-12-13-39(32(41)44-33(4,5)6)30(23)20(2)16-27(25)42-8/h10-13,16,26,28,36H,9,14-15,17-19H2,1-8H3. The van der Waals surface area contributed by atoms with Crippen LogP contribution in [0.15, 0.2) is 30.5 Å². The van der Waals surface area contributed by atoms with Crippen LogP contribution >= 0.6 is 0 Å². The summed E-state index contributed by atoms with van der Waals surface area (Å²) >= 11 is 0. The van der Waals surface area contributed by atoms with Crippen molar-refractivity contribution < 1.29 is 32.6 Å². The fraction of sp³-hybridized carbons (Fsp3) is 0.515. The number of aromatic nitrogens is 1. The lowest BCUT2D eigenvalue weighted by Crippen LogP contribution is -2.49. The number of anilines is 1. The summed E-state index contributed by atoms with van der Waals surface area (Å²) in [6, 6.07) is 7.09. The van der Waals surface area contributed by atoms with Gasteiger partial charge in [0.25, 0.3) is 6.43 Å². The zero-order chi connectivity index (χ0) is 32.3. The second-order valence-corrected chi connectivity index (χ2v) is 12.1. The van der Waals surface area contributed by atoms with E-state index in [0.29, 0.717) is 55.5 Å². The van der Waals surface area contributed by atoms with Gasteiger partial charge in [0, 0.05) is 61.5 Å². The molecule has 1 N–H and O–H groups in total. The number of nitrogens with one attached hydrogen (secondary N) is 1. The summed E-state index contributed by atoms with van der Waals surface area (Å²) in [6.45, 7) is 12.5. The van der Waals surface area contributed by atoms with Crippen LogP contribution < -0.4 is 14.8 Å². The Hall–Kier alpha value is -3.70. The Labute approximate surface area is 258 Å². The van der Waals surface area contributed by atoms with Crippen LogP contribution in [0.1, 0.15) is 67.7 Å². The lowest BCUT2D eigenvalue weighted by Gasteiger charge is -2.42. The number of hydrogen-bond donors (Lipinski definition) is 1. The minimum absolute atomic E-state index is 0.108. The molecule has 0 aliphatic carbocycles. The van der Waals surface area contributed by atoms with E-state index in [-0.39, 0.29) is 18.4 Å². The molecule has 44 heavy (non-hydrogen) atoms. The van der Waals surface area contributed by atoms with E-state index in [9.17, 15) is 18.4 Å². The Morgan fingerprint density at radius 3 is 2.48 bits per heavy atom. The first kappa shape index (κ1) is 33.2. The molecular weight excluding hydrogens is 570 g/mol. The first-order valence-electron chi connectivity index (χ1n) is 14.9. The fourth-order valence-electron chi connectivity index (χ4n) is 6.00. The highest BCUT2D eigenvalue weighted by Crippen LogP contribution is 2.42. The highest BCUT2D eigenvalue weighted by molar-refractivity contribution is 6.01. The molecule has 0 radical (unpaired) electrons. The second kappa shape index (κ2) is 13.5. The van der Waals surface area contributed by atoms with Crippen LogP contribution in [-0.4, -0.2) is 85.2 Å². The van der Waals surface area contributed by atoms with Crippen LogP contribution in [0.5, 0.6) is 11.5 Å². The molecule has 1 aliphatic rings. The Bertz CT molecular complexity index is 1510. The number of rotatable bonds is 10. The summed E-state index contributed by atoms with van der Waals surface area (Å²) < 4.78 is 46.3. The first-order chi connectivity index (χ1) is 20.8. The van der Waals surface area contributed by atoms with Gasteiger partial charge in [0.1, 0.15) is 17.1 Å². The number of aryl methyl sites for hydroxylation is 1. The van der Waals surface area contributed by atoms with Gasteiger partial charge in [0.05, 0.1) is 37.5 Å². The van der Waals surface area contributed by atoms with E-state index in [1.165, 1.54) is 11.5 Å². The molecule has 2 heterocycles. The molecule has 0 spiro atoms. The average Bonchev–Trinajstić information content (AvgIpc) is 3.40. The number of ketones is 1. The minimum Gasteiger partial charge on any atom is -0.496 e. The quantitative estimate of drug-likeness (QED) is 0.259. The van der Waals surface area contributed by atoms with E-state index in [1.807, 2.05) is 52.8 Å². The molecule has 0 bridgehead atoms. The van der Waals surface area contributed by atoms with Crippen molar-refractivity contribution in [2.75, 3.05) is 52.3 Å². The molecule has 0 saturated carbocycles. The number of carbonyl (C=O) groups is 2.